The summed E-state index contributed by atoms with van der Waals surface area (Å²) in [5.41, 5.74) is 7.67. The predicted octanol–water partition coefficient (Wildman–Crippen LogP) is 3.84. The Hall–Kier alpha value is -1.42. The molecule has 1 aromatic carbocycles. The Bertz CT molecular complexity index is 532. The molecule has 1 aliphatic carbocycles. The zero-order valence-corrected chi connectivity index (χ0v) is 13.7. The average molecular weight is 310 g/mol. The Kier molecular flexibility index (Phi) is 4.67. The van der Waals surface area contributed by atoms with Gasteiger partial charge >= 0.3 is 0 Å². The van der Waals surface area contributed by atoms with Gasteiger partial charge in [-0.2, -0.15) is 0 Å². The molecule has 0 aliphatic heterocycles. The summed E-state index contributed by atoms with van der Waals surface area (Å²) in [6.07, 6.45) is 4.84. The number of oxime groups is 1. The normalized spacial score (nSPS) is 19.5. The van der Waals surface area contributed by atoms with E-state index in [0.29, 0.717) is 22.0 Å². The molecular formula is C16H24ClN3O. The summed E-state index contributed by atoms with van der Waals surface area (Å²) in [5, 5.41) is 12.4. The van der Waals surface area contributed by atoms with Gasteiger partial charge in [-0.15, -0.1) is 0 Å². The van der Waals surface area contributed by atoms with Gasteiger partial charge in [-0.1, -0.05) is 30.6 Å². The third-order valence-electron chi connectivity index (χ3n) is 4.59. The highest BCUT2D eigenvalue weighted by Gasteiger charge is 2.29. The van der Waals surface area contributed by atoms with Crippen molar-refractivity contribution in [1.82, 2.24) is 0 Å². The van der Waals surface area contributed by atoms with Crippen LogP contribution in [0.15, 0.2) is 23.4 Å². The van der Waals surface area contributed by atoms with Crippen molar-refractivity contribution in [1.29, 1.82) is 0 Å². The van der Waals surface area contributed by atoms with E-state index in [1.165, 1.54) is 25.7 Å². The van der Waals surface area contributed by atoms with E-state index in [4.69, 9.17) is 22.5 Å². The molecule has 1 fully saturated rings. The molecule has 0 bridgehead atoms. The molecule has 1 aromatic rings. The molecule has 1 saturated carbocycles. The van der Waals surface area contributed by atoms with Crippen molar-refractivity contribution < 1.29 is 5.21 Å². The Morgan fingerprint density at radius 1 is 1.38 bits per heavy atom. The molecule has 0 atom stereocenters. The van der Waals surface area contributed by atoms with E-state index in [-0.39, 0.29) is 5.84 Å². The number of nitrogens with zero attached hydrogens (tertiary/aromatic N) is 2. The highest BCUT2D eigenvalue weighted by atomic mass is 35.5. The van der Waals surface area contributed by atoms with E-state index in [9.17, 15) is 0 Å². The summed E-state index contributed by atoms with van der Waals surface area (Å²) in [6.45, 7) is 4.67. The van der Waals surface area contributed by atoms with Crippen LogP contribution in [0.25, 0.3) is 0 Å². The van der Waals surface area contributed by atoms with Gasteiger partial charge < -0.3 is 15.8 Å². The zero-order chi connectivity index (χ0) is 15.6. The van der Waals surface area contributed by atoms with Crippen LogP contribution in [0.3, 0.4) is 0 Å². The molecule has 0 aromatic heterocycles. The Morgan fingerprint density at radius 2 is 2.00 bits per heavy atom. The van der Waals surface area contributed by atoms with Gasteiger partial charge in [0.1, 0.15) is 0 Å². The van der Waals surface area contributed by atoms with Gasteiger partial charge in [-0.25, -0.2) is 0 Å². The minimum atomic E-state index is 0.0746. The number of amidine groups is 1. The second kappa shape index (κ2) is 6.14. The highest BCUT2D eigenvalue weighted by molar-refractivity contribution is 6.33. The molecule has 2 rings (SSSR count). The lowest BCUT2D eigenvalue weighted by Gasteiger charge is -2.39. The quantitative estimate of drug-likeness (QED) is 0.386. The first-order valence-electron chi connectivity index (χ1n) is 7.34. The minimum Gasteiger partial charge on any atom is -0.409 e. The highest BCUT2D eigenvalue weighted by Crippen LogP contribution is 2.39. The first kappa shape index (κ1) is 16.0. The monoisotopic (exact) mass is 309 g/mol. The van der Waals surface area contributed by atoms with Gasteiger partial charge in [0.15, 0.2) is 5.84 Å². The number of benzene rings is 1. The number of nitrogens with two attached hydrogens (primary N) is 1. The fourth-order valence-corrected chi connectivity index (χ4v) is 3.29. The first-order chi connectivity index (χ1) is 9.84. The van der Waals surface area contributed by atoms with E-state index in [2.05, 4.69) is 31.0 Å². The molecule has 5 heteroatoms. The van der Waals surface area contributed by atoms with E-state index >= 15 is 0 Å². The number of anilines is 1. The molecule has 0 saturated heterocycles. The lowest BCUT2D eigenvalue weighted by Crippen LogP contribution is -2.37. The van der Waals surface area contributed by atoms with Gasteiger partial charge in [0.05, 0.1) is 10.7 Å². The lowest BCUT2D eigenvalue weighted by molar-refractivity contribution is 0.222. The Labute approximate surface area is 131 Å². The standard InChI is InChI=1S/C16H24ClN3O/c1-16(2)8-6-12(7-9-16)20(3)14-5-4-11(10-13(14)17)15(18)19-21/h4-5,10,12,21H,6-9H2,1-3H3,(H2,18,19). The van der Waals surface area contributed by atoms with Crippen molar-refractivity contribution in [2.24, 2.45) is 16.3 Å². The van der Waals surface area contributed by atoms with E-state index in [1.54, 1.807) is 6.07 Å². The van der Waals surface area contributed by atoms with Crippen LogP contribution in [0.1, 0.15) is 45.1 Å². The van der Waals surface area contributed by atoms with Crippen molar-refractivity contribution in [2.45, 2.75) is 45.6 Å². The second-order valence-electron chi connectivity index (χ2n) is 6.66. The fourth-order valence-electron chi connectivity index (χ4n) is 2.98. The van der Waals surface area contributed by atoms with Crippen LogP contribution in [0, 0.1) is 5.41 Å². The first-order valence-corrected chi connectivity index (χ1v) is 7.72. The summed E-state index contributed by atoms with van der Waals surface area (Å²) < 4.78 is 0. The number of halogens is 1. The summed E-state index contributed by atoms with van der Waals surface area (Å²) >= 11 is 6.37. The summed E-state index contributed by atoms with van der Waals surface area (Å²) in [6, 6.07) is 6.04. The third kappa shape index (κ3) is 3.62. The largest absolute Gasteiger partial charge is 0.409 e. The van der Waals surface area contributed by atoms with Gasteiger partial charge in [-0.3, -0.25) is 0 Å². The van der Waals surface area contributed by atoms with E-state index in [1.807, 2.05) is 12.1 Å². The molecule has 0 amide bonds. The lowest BCUT2D eigenvalue weighted by atomic mass is 9.75. The molecule has 0 heterocycles. The van der Waals surface area contributed by atoms with Crippen LogP contribution < -0.4 is 10.6 Å². The van der Waals surface area contributed by atoms with E-state index < -0.39 is 0 Å². The molecule has 1 aliphatic rings. The maximum atomic E-state index is 8.72. The van der Waals surface area contributed by atoms with Crippen molar-refractivity contribution in [3.05, 3.63) is 28.8 Å². The van der Waals surface area contributed by atoms with Crippen molar-refractivity contribution in [3.8, 4) is 0 Å². The average Bonchev–Trinajstić information content (AvgIpc) is 2.45. The van der Waals surface area contributed by atoms with Gasteiger partial charge in [0.25, 0.3) is 0 Å². The smallest absolute Gasteiger partial charge is 0.170 e. The molecular weight excluding hydrogens is 286 g/mol. The molecule has 3 N–H and O–H groups in total. The summed E-state index contributed by atoms with van der Waals surface area (Å²) in [7, 11) is 2.09. The Balaban J connectivity index is 2.15. The summed E-state index contributed by atoms with van der Waals surface area (Å²) in [5.74, 6) is 0.0746. The van der Waals surface area contributed by atoms with Crippen LogP contribution in [0.2, 0.25) is 5.02 Å². The van der Waals surface area contributed by atoms with Crippen molar-refractivity contribution in [3.63, 3.8) is 0 Å². The molecule has 0 spiro atoms. The van der Waals surface area contributed by atoms with Crippen molar-refractivity contribution in [2.75, 3.05) is 11.9 Å². The SMILES string of the molecule is CN(c1ccc(/C(N)=N/O)cc1Cl)C1CCC(C)(C)CC1. The van der Waals surface area contributed by atoms with Crippen LogP contribution >= 0.6 is 11.6 Å². The molecule has 21 heavy (non-hydrogen) atoms. The second-order valence-corrected chi connectivity index (χ2v) is 7.06. The number of hydrogen-bond acceptors (Lipinski definition) is 3. The molecule has 0 unspecified atom stereocenters. The number of rotatable bonds is 3. The molecule has 0 radical (unpaired) electrons. The van der Waals surface area contributed by atoms with Crippen LogP contribution in [0.4, 0.5) is 5.69 Å². The van der Waals surface area contributed by atoms with Gasteiger partial charge in [0.2, 0.25) is 0 Å². The Morgan fingerprint density at radius 3 is 2.52 bits per heavy atom. The molecule has 4 nitrogen and oxygen atoms in total. The maximum Gasteiger partial charge on any atom is 0.170 e. The molecule has 116 valence electrons. The topological polar surface area (TPSA) is 61.8 Å². The van der Waals surface area contributed by atoms with Gasteiger partial charge in [-0.05, 0) is 49.3 Å². The third-order valence-corrected chi connectivity index (χ3v) is 4.89. The number of hydrogen-bond donors (Lipinski definition) is 2. The van der Waals surface area contributed by atoms with Crippen LogP contribution in [-0.2, 0) is 0 Å². The fraction of sp³-hybridized carbons (Fsp3) is 0.562. The van der Waals surface area contributed by atoms with Crippen molar-refractivity contribution >= 4 is 23.1 Å². The zero-order valence-electron chi connectivity index (χ0n) is 12.9. The summed E-state index contributed by atoms with van der Waals surface area (Å²) in [4.78, 5) is 2.26. The van der Waals surface area contributed by atoms with Gasteiger partial charge in [0, 0.05) is 18.7 Å². The predicted molar refractivity (Wildman–Crippen MR) is 88.4 cm³/mol. The minimum absolute atomic E-state index is 0.0746. The maximum absolute atomic E-state index is 8.72. The van der Waals surface area contributed by atoms with Crippen LogP contribution in [-0.4, -0.2) is 24.1 Å². The van der Waals surface area contributed by atoms with E-state index in [0.717, 1.165) is 5.69 Å². The van der Waals surface area contributed by atoms with Crippen LogP contribution in [0.5, 0.6) is 0 Å².